The average Bonchev–Trinajstić information content (AvgIpc) is 2.33. The van der Waals surface area contributed by atoms with Gasteiger partial charge >= 0.3 is 0 Å². The predicted octanol–water partition coefficient (Wildman–Crippen LogP) is 2.17. The lowest BCUT2D eigenvalue weighted by atomic mass is 10.1. The zero-order valence-electron chi connectivity index (χ0n) is 5.26. The second-order valence-corrected chi connectivity index (χ2v) is 2.38. The van der Waals surface area contributed by atoms with Crippen LogP contribution in [0.4, 0.5) is 0 Å². The summed E-state index contributed by atoms with van der Waals surface area (Å²) in [5.41, 5.74) is 1.38. The van der Waals surface area contributed by atoms with E-state index in [9.17, 15) is 0 Å². The molecular formula is C8H9O. The zero-order chi connectivity index (χ0) is 6.10. The first-order valence-corrected chi connectivity index (χ1v) is 3.34. The molecule has 0 unspecified atom stereocenters. The summed E-state index contributed by atoms with van der Waals surface area (Å²) < 4.78 is 5.26. The molecule has 0 fully saturated rings. The molecule has 0 amide bonds. The zero-order valence-corrected chi connectivity index (χ0v) is 5.26. The fraction of sp³-hybridized carbons (Fsp3) is 0.375. The lowest BCUT2D eigenvalue weighted by Crippen LogP contribution is -1.87. The Morgan fingerprint density at radius 3 is 3.33 bits per heavy atom. The summed E-state index contributed by atoms with van der Waals surface area (Å²) >= 11 is 0. The molecule has 0 aromatic carbocycles. The monoisotopic (exact) mass is 121 g/mol. The first kappa shape index (κ1) is 5.10. The minimum Gasteiger partial charge on any atom is -0.490 e. The van der Waals surface area contributed by atoms with Gasteiger partial charge in [0.15, 0.2) is 0 Å². The molecule has 0 saturated carbocycles. The fourth-order valence-corrected chi connectivity index (χ4v) is 1.24. The predicted molar refractivity (Wildman–Crippen MR) is 35.4 cm³/mol. The van der Waals surface area contributed by atoms with Crippen LogP contribution in [0.15, 0.2) is 23.5 Å². The number of ether oxygens (including phenoxy) is 1. The average molecular weight is 121 g/mol. The van der Waals surface area contributed by atoms with Crippen molar-refractivity contribution in [2.45, 2.75) is 19.3 Å². The number of hydrogen-bond donors (Lipinski definition) is 0. The molecule has 0 aromatic rings. The number of rotatable bonds is 0. The summed E-state index contributed by atoms with van der Waals surface area (Å²) in [7, 11) is 0. The maximum absolute atomic E-state index is 5.26. The number of hydrogen-bond acceptors (Lipinski definition) is 1. The molecule has 2 aliphatic rings. The van der Waals surface area contributed by atoms with Gasteiger partial charge < -0.3 is 4.74 Å². The highest BCUT2D eigenvalue weighted by Gasteiger charge is 2.15. The van der Waals surface area contributed by atoms with Crippen molar-refractivity contribution in [3.05, 3.63) is 30.1 Å². The van der Waals surface area contributed by atoms with E-state index in [1.807, 2.05) is 6.61 Å². The van der Waals surface area contributed by atoms with Gasteiger partial charge in [-0.25, -0.2) is 0 Å². The van der Waals surface area contributed by atoms with E-state index in [0.29, 0.717) is 0 Å². The Morgan fingerprint density at radius 1 is 1.44 bits per heavy atom. The van der Waals surface area contributed by atoms with Crippen molar-refractivity contribution in [1.29, 1.82) is 0 Å². The van der Waals surface area contributed by atoms with Gasteiger partial charge in [0, 0.05) is 12.8 Å². The van der Waals surface area contributed by atoms with E-state index >= 15 is 0 Å². The van der Waals surface area contributed by atoms with Crippen LogP contribution in [0.3, 0.4) is 0 Å². The molecular weight excluding hydrogens is 112 g/mol. The van der Waals surface area contributed by atoms with E-state index in [1.165, 1.54) is 11.3 Å². The first-order chi connectivity index (χ1) is 4.47. The summed E-state index contributed by atoms with van der Waals surface area (Å²) in [4.78, 5) is 0. The Hall–Kier alpha value is -0.720. The molecule has 0 spiro atoms. The molecule has 9 heavy (non-hydrogen) atoms. The highest BCUT2D eigenvalue weighted by Crippen LogP contribution is 2.29. The van der Waals surface area contributed by atoms with Crippen LogP contribution < -0.4 is 0 Å². The molecule has 1 nitrogen and oxygen atoms in total. The molecule has 0 bridgehead atoms. The summed E-state index contributed by atoms with van der Waals surface area (Å²) in [6.07, 6.45) is 7.63. The van der Waals surface area contributed by atoms with Crippen molar-refractivity contribution in [3.63, 3.8) is 0 Å². The van der Waals surface area contributed by atoms with Crippen molar-refractivity contribution < 1.29 is 4.74 Å². The quantitative estimate of drug-likeness (QED) is 0.477. The highest BCUT2D eigenvalue weighted by atomic mass is 16.5. The largest absolute Gasteiger partial charge is 0.490 e. The molecule has 0 N–H and O–H groups in total. The lowest BCUT2D eigenvalue weighted by molar-refractivity contribution is 0.298. The molecule has 0 atom stereocenters. The van der Waals surface area contributed by atoms with Crippen molar-refractivity contribution >= 4 is 0 Å². The third-order valence-electron chi connectivity index (χ3n) is 1.74. The van der Waals surface area contributed by atoms with Gasteiger partial charge in [-0.1, -0.05) is 12.2 Å². The van der Waals surface area contributed by atoms with Crippen LogP contribution in [-0.2, 0) is 4.74 Å². The summed E-state index contributed by atoms with van der Waals surface area (Å²) in [5.74, 6) is 1.19. The third kappa shape index (κ3) is 0.766. The van der Waals surface area contributed by atoms with Crippen LogP contribution in [-0.4, -0.2) is 0 Å². The Bertz CT molecular complexity index is 177. The highest BCUT2D eigenvalue weighted by molar-refractivity contribution is 5.30. The summed E-state index contributed by atoms with van der Waals surface area (Å²) in [5, 5.41) is 0. The molecule has 47 valence electrons. The molecule has 1 aliphatic carbocycles. The molecule has 1 heteroatoms. The minimum atomic E-state index is 1.01. The van der Waals surface area contributed by atoms with Crippen molar-refractivity contribution in [2.75, 3.05) is 0 Å². The summed E-state index contributed by atoms with van der Waals surface area (Å²) in [6, 6.07) is 0. The van der Waals surface area contributed by atoms with Crippen LogP contribution in [0.5, 0.6) is 0 Å². The van der Waals surface area contributed by atoms with Crippen LogP contribution in [0.2, 0.25) is 0 Å². The van der Waals surface area contributed by atoms with E-state index in [2.05, 4.69) is 12.2 Å². The smallest absolute Gasteiger partial charge is 0.139 e. The SMILES string of the molecule is [CH]1CC2=C(CCC=C2)O1. The molecule has 1 radical (unpaired) electrons. The molecule has 2 rings (SSSR count). The topological polar surface area (TPSA) is 9.23 Å². The Morgan fingerprint density at radius 2 is 2.44 bits per heavy atom. The Labute approximate surface area is 55.0 Å². The second-order valence-electron chi connectivity index (χ2n) is 2.38. The van der Waals surface area contributed by atoms with Crippen molar-refractivity contribution in [3.8, 4) is 0 Å². The van der Waals surface area contributed by atoms with Crippen LogP contribution in [0, 0.1) is 6.61 Å². The molecule has 0 saturated heterocycles. The third-order valence-corrected chi connectivity index (χ3v) is 1.74. The minimum absolute atomic E-state index is 1.01. The van der Waals surface area contributed by atoms with Crippen LogP contribution in [0.1, 0.15) is 19.3 Å². The van der Waals surface area contributed by atoms with Gasteiger partial charge in [0.25, 0.3) is 0 Å². The lowest BCUT2D eigenvalue weighted by Gasteiger charge is -2.05. The fourth-order valence-electron chi connectivity index (χ4n) is 1.24. The van der Waals surface area contributed by atoms with Gasteiger partial charge in [-0.15, -0.1) is 0 Å². The van der Waals surface area contributed by atoms with E-state index < -0.39 is 0 Å². The molecule has 1 heterocycles. The number of allylic oxidation sites excluding steroid dienone is 3. The van der Waals surface area contributed by atoms with Crippen molar-refractivity contribution in [2.24, 2.45) is 0 Å². The van der Waals surface area contributed by atoms with Gasteiger partial charge in [-0.05, 0) is 12.0 Å². The summed E-state index contributed by atoms with van der Waals surface area (Å²) in [6.45, 7) is 1.88. The van der Waals surface area contributed by atoms with E-state index in [-0.39, 0.29) is 0 Å². The van der Waals surface area contributed by atoms with E-state index in [4.69, 9.17) is 4.74 Å². The van der Waals surface area contributed by atoms with Gasteiger partial charge in [0.05, 0.1) is 0 Å². The van der Waals surface area contributed by atoms with Crippen LogP contribution >= 0.6 is 0 Å². The van der Waals surface area contributed by atoms with E-state index in [1.54, 1.807) is 0 Å². The van der Waals surface area contributed by atoms with Crippen molar-refractivity contribution in [1.82, 2.24) is 0 Å². The van der Waals surface area contributed by atoms with Gasteiger partial charge in [0.1, 0.15) is 12.4 Å². The van der Waals surface area contributed by atoms with Gasteiger partial charge in [-0.3, -0.25) is 0 Å². The van der Waals surface area contributed by atoms with Gasteiger partial charge in [-0.2, -0.15) is 0 Å². The molecule has 1 aliphatic heterocycles. The normalized spacial score (nSPS) is 24.0. The standard InChI is InChI=1S/C8H9O/c1-2-4-8-7(3-1)5-6-9-8/h1,3,6H,2,4-5H2. The maximum atomic E-state index is 5.26. The molecule has 0 aromatic heterocycles. The Kier molecular flexibility index (Phi) is 1.08. The van der Waals surface area contributed by atoms with E-state index in [0.717, 1.165) is 19.3 Å². The van der Waals surface area contributed by atoms with Gasteiger partial charge in [0.2, 0.25) is 0 Å². The Balaban J connectivity index is 2.28. The second kappa shape index (κ2) is 1.90. The first-order valence-electron chi connectivity index (χ1n) is 3.34. The van der Waals surface area contributed by atoms with Crippen LogP contribution in [0.25, 0.3) is 0 Å². The maximum Gasteiger partial charge on any atom is 0.139 e.